The number of aromatic nitrogens is 1. The second kappa shape index (κ2) is 10.2. The molecule has 0 saturated heterocycles. The molecule has 3 rings (SSSR count). The minimum Gasteiger partial charge on any atom is -0.456 e. The van der Waals surface area contributed by atoms with Gasteiger partial charge in [0.1, 0.15) is 22.7 Å². The molecule has 0 fully saturated rings. The topological polar surface area (TPSA) is 77.5 Å². The van der Waals surface area contributed by atoms with Crippen LogP contribution in [0.3, 0.4) is 0 Å². The zero-order valence-corrected chi connectivity index (χ0v) is 20.4. The molecule has 1 amide bonds. The van der Waals surface area contributed by atoms with Crippen LogP contribution in [0.1, 0.15) is 65.6 Å². The van der Waals surface area contributed by atoms with E-state index in [9.17, 15) is 14.0 Å². The normalized spacial score (nSPS) is 12.1. The molecule has 0 unspecified atom stereocenters. The second-order valence-electron chi connectivity index (χ2n) is 8.84. The second-order valence-corrected chi connectivity index (χ2v) is 9.27. The van der Waals surface area contributed by atoms with Crippen molar-refractivity contribution in [1.29, 1.82) is 0 Å². The fourth-order valence-corrected chi connectivity index (χ4v) is 3.22. The average Bonchev–Trinajstić information content (AvgIpc) is 2.76. The van der Waals surface area contributed by atoms with E-state index in [1.54, 1.807) is 52.0 Å². The molecule has 0 aliphatic carbocycles. The summed E-state index contributed by atoms with van der Waals surface area (Å²) in [6.45, 7) is 8.83. The number of benzene rings is 2. The van der Waals surface area contributed by atoms with Gasteiger partial charge in [-0.3, -0.25) is 4.79 Å². The third-order valence-electron chi connectivity index (χ3n) is 4.80. The van der Waals surface area contributed by atoms with E-state index in [-0.39, 0.29) is 28.3 Å². The van der Waals surface area contributed by atoms with Gasteiger partial charge in [-0.05, 0) is 82.1 Å². The number of rotatable bonds is 6. The highest BCUT2D eigenvalue weighted by Gasteiger charge is 2.20. The molecule has 6 nitrogen and oxygen atoms in total. The summed E-state index contributed by atoms with van der Waals surface area (Å²) in [5.41, 5.74) is 1.15. The maximum absolute atomic E-state index is 13.6. The first kappa shape index (κ1) is 25.2. The van der Waals surface area contributed by atoms with Gasteiger partial charge in [0.05, 0.1) is 16.6 Å². The number of halogens is 2. The Morgan fingerprint density at radius 1 is 1.09 bits per heavy atom. The predicted octanol–water partition coefficient (Wildman–Crippen LogP) is 6.42. The van der Waals surface area contributed by atoms with E-state index in [4.69, 9.17) is 21.1 Å². The number of carbonyl (C=O) groups is 2. The monoisotopic (exact) mass is 484 g/mol. The highest BCUT2D eigenvalue weighted by Crippen LogP contribution is 2.27. The van der Waals surface area contributed by atoms with Crippen molar-refractivity contribution < 1.29 is 23.5 Å². The van der Waals surface area contributed by atoms with Crippen LogP contribution >= 0.6 is 11.6 Å². The van der Waals surface area contributed by atoms with Crippen LogP contribution in [-0.2, 0) is 4.74 Å². The van der Waals surface area contributed by atoms with Crippen molar-refractivity contribution in [2.45, 2.75) is 46.3 Å². The quantitative estimate of drug-likeness (QED) is 0.408. The van der Waals surface area contributed by atoms with Crippen molar-refractivity contribution in [2.75, 3.05) is 0 Å². The smallest absolute Gasteiger partial charge is 0.338 e. The lowest BCUT2D eigenvalue weighted by atomic mass is 10.1. The molecule has 178 valence electrons. The number of aryl methyl sites for hydroxylation is 1. The molecule has 1 heterocycles. The SMILES string of the molecule is Cc1cc(Oc2ncc(Cl)cc2C(=O)N[C@@H](C)c2ccc(C(=O)OC(C)(C)C)cc2)ccc1F. The van der Waals surface area contributed by atoms with Gasteiger partial charge in [0.15, 0.2) is 0 Å². The molecule has 0 aliphatic heterocycles. The van der Waals surface area contributed by atoms with Crippen LogP contribution in [0.5, 0.6) is 11.6 Å². The van der Waals surface area contributed by atoms with Crippen molar-refractivity contribution >= 4 is 23.5 Å². The first-order valence-electron chi connectivity index (χ1n) is 10.7. The summed E-state index contributed by atoms with van der Waals surface area (Å²) in [4.78, 5) is 29.4. The Morgan fingerprint density at radius 2 is 1.76 bits per heavy atom. The number of carbonyl (C=O) groups excluding carboxylic acids is 2. The van der Waals surface area contributed by atoms with Gasteiger partial charge < -0.3 is 14.8 Å². The standard InChI is InChI=1S/C26H26ClFN2O4/c1-15-12-20(10-11-22(15)28)33-24-21(13-19(27)14-29-24)23(31)30-16(2)17-6-8-18(9-7-17)25(32)34-26(3,4)5/h6-14,16H,1-5H3,(H,30,31)/t16-/m0/s1. The van der Waals surface area contributed by atoms with E-state index < -0.39 is 17.5 Å². The summed E-state index contributed by atoms with van der Waals surface area (Å²) in [5, 5.41) is 3.15. The Balaban J connectivity index is 1.75. The summed E-state index contributed by atoms with van der Waals surface area (Å²) in [5.74, 6) is -0.846. The van der Waals surface area contributed by atoms with Crippen LogP contribution in [0.25, 0.3) is 0 Å². The lowest BCUT2D eigenvalue weighted by Gasteiger charge is -2.20. The van der Waals surface area contributed by atoms with E-state index in [0.717, 1.165) is 5.56 Å². The Kier molecular flexibility index (Phi) is 7.57. The summed E-state index contributed by atoms with van der Waals surface area (Å²) in [7, 11) is 0. The van der Waals surface area contributed by atoms with Gasteiger partial charge in [-0.2, -0.15) is 0 Å². The number of ether oxygens (including phenoxy) is 2. The van der Waals surface area contributed by atoms with E-state index in [1.165, 1.54) is 30.5 Å². The van der Waals surface area contributed by atoms with Crippen LogP contribution in [-0.4, -0.2) is 22.5 Å². The third kappa shape index (κ3) is 6.54. The first-order valence-corrected chi connectivity index (χ1v) is 11.0. The first-order chi connectivity index (χ1) is 15.9. The molecule has 8 heteroatoms. The van der Waals surface area contributed by atoms with Gasteiger partial charge in [0, 0.05) is 6.20 Å². The van der Waals surface area contributed by atoms with Crippen LogP contribution in [0.4, 0.5) is 4.39 Å². The molecule has 0 aliphatic rings. The van der Waals surface area contributed by atoms with Crippen molar-refractivity contribution in [3.05, 3.63) is 87.8 Å². The van der Waals surface area contributed by atoms with Crippen molar-refractivity contribution in [2.24, 2.45) is 0 Å². The zero-order chi connectivity index (χ0) is 25.0. The summed E-state index contributed by atoms with van der Waals surface area (Å²) in [6.07, 6.45) is 1.36. The Morgan fingerprint density at radius 3 is 2.38 bits per heavy atom. The highest BCUT2D eigenvalue weighted by molar-refractivity contribution is 6.30. The zero-order valence-electron chi connectivity index (χ0n) is 19.6. The fourth-order valence-electron chi connectivity index (χ4n) is 3.07. The molecule has 0 saturated carbocycles. The minimum atomic E-state index is -0.589. The number of esters is 1. The Hall–Kier alpha value is -3.45. The molecule has 0 spiro atoms. The number of amides is 1. The molecule has 1 N–H and O–H groups in total. The van der Waals surface area contributed by atoms with Gasteiger partial charge in [0.2, 0.25) is 5.88 Å². The third-order valence-corrected chi connectivity index (χ3v) is 5.01. The van der Waals surface area contributed by atoms with Gasteiger partial charge in [-0.25, -0.2) is 14.2 Å². The van der Waals surface area contributed by atoms with Crippen molar-refractivity contribution in [1.82, 2.24) is 10.3 Å². The van der Waals surface area contributed by atoms with Gasteiger partial charge in [0.25, 0.3) is 5.91 Å². The van der Waals surface area contributed by atoms with Gasteiger partial charge >= 0.3 is 5.97 Å². The van der Waals surface area contributed by atoms with E-state index in [1.807, 2.05) is 6.92 Å². The van der Waals surface area contributed by atoms with Crippen molar-refractivity contribution in [3.63, 3.8) is 0 Å². The number of hydrogen-bond acceptors (Lipinski definition) is 5. The Bertz CT molecular complexity index is 1210. The van der Waals surface area contributed by atoms with Crippen LogP contribution < -0.4 is 10.1 Å². The molecule has 3 aromatic rings. The lowest BCUT2D eigenvalue weighted by molar-refractivity contribution is 0.00693. The van der Waals surface area contributed by atoms with E-state index in [2.05, 4.69) is 10.3 Å². The summed E-state index contributed by atoms with van der Waals surface area (Å²) in [6, 6.07) is 12.1. The largest absolute Gasteiger partial charge is 0.456 e. The van der Waals surface area contributed by atoms with Crippen LogP contribution in [0.15, 0.2) is 54.7 Å². The van der Waals surface area contributed by atoms with Crippen LogP contribution in [0, 0.1) is 12.7 Å². The predicted molar refractivity (Wildman–Crippen MR) is 128 cm³/mol. The lowest BCUT2D eigenvalue weighted by Crippen LogP contribution is -2.27. The van der Waals surface area contributed by atoms with Crippen molar-refractivity contribution in [3.8, 4) is 11.6 Å². The molecule has 1 atom stereocenters. The maximum Gasteiger partial charge on any atom is 0.338 e. The number of pyridine rings is 1. The molecule has 2 aromatic carbocycles. The van der Waals surface area contributed by atoms with Gasteiger partial charge in [-0.15, -0.1) is 0 Å². The molecule has 34 heavy (non-hydrogen) atoms. The summed E-state index contributed by atoms with van der Waals surface area (Å²) < 4.78 is 24.7. The average molecular weight is 485 g/mol. The number of hydrogen-bond donors (Lipinski definition) is 1. The molecule has 1 aromatic heterocycles. The molecule has 0 radical (unpaired) electrons. The number of nitrogens with zero attached hydrogens (tertiary/aromatic N) is 1. The summed E-state index contributed by atoms with van der Waals surface area (Å²) >= 11 is 6.06. The highest BCUT2D eigenvalue weighted by atomic mass is 35.5. The Labute approximate surface area is 203 Å². The molecule has 0 bridgehead atoms. The molecular formula is C26H26ClFN2O4. The van der Waals surface area contributed by atoms with E-state index >= 15 is 0 Å². The van der Waals surface area contributed by atoms with E-state index in [0.29, 0.717) is 16.9 Å². The minimum absolute atomic E-state index is 0.0420. The van der Waals surface area contributed by atoms with Crippen LogP contribution in [0.2, 0.25) is 5.02 Å². The maximum atomic E-state index is 13.6. The molecular weight excluding hydrogens is 459 g/mol. The fraction of sp³-hybridized carbons (Fsp3) is 0.269. The van der Waals surface area contributed by atoms with Gasteiger partial charge in [-0.1, -0.05) is 23.7 Å². The number of nitrogens with one attached hydrogen (secondary N) is 1.